The van der Waals surface area contributed by atoms with Gasteiger partial charge in [0.2, 0.25) is 0 Å². The molecule has 2 aromatic carbocycles. The fourth-order valence-corrected chi connectivity index (χ4v) is 5.22. The van der Waals surface area contributed by atoms with Gasteiger partial charge in [-0.25, -0.2) is 4.52 Å². The Hall–Kier alpha value is -3.32. The highest BCUT2D eigenvalue weighted by molar-refractivity contribution is 5.87. The summed E-state index contributed by atoms with van der Waals surface area (Å²) >= 11 is 0. The number of aromatic nitrogens is 2. The van der Waals surface area contributed by atoms with Gasteiger partial charge in [-0.2, -0.15) is 18.3 Å². The molecule has 36 heavy (non-hydrogen) atoms. The second-order valence-corrected chi connectivity index (χ2v) is 9.58. The number of benzene rings is 2. The number of halogens is 3. The first-order chi connectivity index (χ1) is 17.3. The summed E-state index contributed by atoms with van der Waals surface area (Å²) in [5.74, 6) is 0. The molecule has 0 spiro atoms. The van der Waals surface area contributed by atoms with Gasteiger partial charge in [0.15, 0.2) is 0 Å². The zero-order chi connectivity index (χ0) is 25.4. The van der Waals surface area contributed by atoms with Crippen molar-refractivity contribution in [3.05, 3.63) is 77.5 Å². The van der Waals surface area contributed by atoms with E-state index in [1.54, 1.807) is 10.6 Å². The van der Waals surface area contributed by atoms with Crippen molar-refractivity contribution in [2.75, 3.05) is 18.1 Å². The van der Waals surface area contributed by atoms with Crippen molar-refractivity contribution in [2.24, 2.45) is 0 Å². The van der Waals surface area contributed by atoms with E-state index in [0.717, 1.165) is 71.9 Å². The Morgan fingerprint density at radius 1 is 1.03 bits per heavy atom. The van der Waals surface area contributed by atoms with Gasteiger partial charge >= 0.3 is 6.18 Å². The minimum Gasteiger partial charge on any atom is -0.394 e. The number of aliphatic hydroxyl groups is 1. The lowest BCUT2D eigenvalue weighted by Crippen LogP contribution is -2.32. The smallest absolute Gasteiger partial charge is 0.394 e. The summed E-state index contributed by atoms with van der Waals surface area (Å²) in [4.78, 5) is 2.17. The summed E-state index contributed by atoms with van der Waals surface area (Å²) < 4.78 is 42.5. The molecule has 0 bridgehead atoms. The van der Waals surface area contributed by atoms with Crippen LogP contribution < -0.4 is 4.90 Å². The van der Waals surface area contributed by atoms with E-state index >= 15 is 0 Å². The van der Waals surface area contributed by atoms with Crippen LogP contribution in [-0.4, -0.2) is 33.9 Å². The van der Waals surface area contributed by atoms with Gasteiger partial charge in [-0.1, -0.05) is 55.3 Å². The summed E-state index contributed by atoms with van der Waals surface area (Å²) in [6, 6.07) is 17.7. The molecule has 0 saturated carbocycles. The molecule has 1 atom stereocenters. The first kappa shape index (κ1) is 24.4. The number of anilines is 1. The van der Waals surface area contributed by atoms with Crippen LogP contribution in [0.4, 0.5) is 18.9 Å². The van der Waals surface area contributed by atoms with E-state index in [2.05, 4.69) is 42.2 Å². The van der Waals surface area contributed by atoms with Crippen LogP contribution in [0.2, 0.25) is 0 Å². The highest BCUT2D eigenvalue weighted by atomic mass is 19.4. The Morgan fingerprint density at radius 3 is 2.50 bits per heavy atom. The van der Waals surface area contributed by atoms with Gasteiger partial charge in [0, 0.05) is 23.4 Å². The lowest BCUT2D eigenvalue weighted by atomic mass is 9.99. The number of fused-ring (bicyclic) bond motifs is 1. The zero-order valence-electron chi connectivity index (χ0n) is 20.5. The van der Waals surface area contributed by atoms with Gasteiger partial charge in [0.1, 0.15) is 0 Å². The van der Waals surface area contributed by atoms with Crippen molar-refractivity contribution in [1.29, 1.82) is 0 Å². The molecule has 1 N–H and O–H groups in total. The standard InChI is InChI=1S/C29H30F3N3O/c1-3-6-25-28(20-12-10-19(2)11-13-20)27-17-24(34-14-5-9-23(34)18-36)16-26(35(27)33-25)21-7-4-8-22(15-21)29(30,31)32/h4,7-8,10-13,15-17,23,36H,3,5-6,9,14,18H2,1-2H3/t23-/m0/s1. The lowest BCUT2D eigenvalue weighted by Gasteiger charge is -2.26. The SMILES string of the molecule is CCCc1nn2c(-c3cccc(C(F)(F)F)c3)cc(N3CCC[C@H]3CO)cc2c1-c1ccc(C)cc1. The maximum atomic E-state index is 13.6. The van der Waals surface area contributed by atoms with E-state index in [4.69, 9.17) is 5.10 Å². The van der Waals surface area contributed by atoms with Gasteiger partial charge in [0.25, 0.3) is 0 Å². The van der Waals surface area contributed by atoms with E-state index in [0.29, 0.717) is 11.3 Å². The predicted octanol–water partition coefficient (Wildman–Crippen LogP) is 6.91. The third-order valence-corrected chi connectivity index (χ3v) is 7.02. The van der Waals surface area contributed by atoms with E-state index < -0.39 is 11.7 Å². The van der Waals surface area contributed by atoms with Crippen LogP contribution in [0.25, 0.3) is 27.9 Å². The minimum absolute atomic E-state index is 0.0114. The molecule has 0 aliphatic carbocycles. The van der Waals surface area contributed by atoms with Crippen LogP contribution in [0.5, 0.6) is 0 Å². The molecule has 1 aliphatic heterocycles. The summed E-state index contributed by atoms with van der Waals surface area (Å²) in [5, 5.41) is 14.9. The molecule has 3 heterocycles. The van der Waals surface area contributed by atoms with Gasteiger partial charge in [-0.3, -0.25) is 0 Å². The van der Waals surface area contributed by atoms with Crippen LogP contribution in [-0.2, 0) is 12.6 Å². The number of hydrogen-bond donors (Lipinski definition) is 1. The summed E-state index contributed by atoms with van der Waals surface area (Å²) in [5.41, 5.74) is 6.24. The van der Waals surface area contributed by atoms with Gasteiger partial charge in [-0.05, 0) is 56.0 Å². The Morgan fingerprint density at radius 2 is 1.81 bits per heavy atom. The minimum atomic E-state index is -4.44. The van der Waals surface area contributed by atoms with Crippen molar-refractivity contribution >= 4 is 11.2 Å². The Labute approximate surface area is 209 Å². The molecule has 5 rings (SSSR count). The molecule has 1 aliphatic rings. The Kier molecular flexibility index (Phi) is 6.51. The molecule has 7 heteroatoms. The van der Waals surface area contributed by atoms with Gasteiger partial charge in [-0.15, -0.1) is 0 Å². The van der Waals surface area contributed by atoms with E-state index in [1.807, 2.05) is 13.0 Å². The van der Waals surface area contributed by atoms with Gasteiger partial charge in [0.05, 0.1) is 35.1 Å². The fourth-order valence-electron chi connectivity index (χ4n) is 5.22. The van der Waals surface area contributed by atoms with Crippen LogP contribution in [0.1, 0.15) is 43.0 Å². The summed E-state index contributed by atoms with van der Waals surface area (Å²) in [6.45, 7) is 4.96. The topological polar surface area (TPSA) is 40.8 Å². The molecule has 1 saturated heterocycles. The second kappa shape index (κ2) is 9.62. The molecule has 0 radical (unpaired) electrons. The van der Waals surface area contributed by atoms with Crippen LogP contribution >= 0.6 is 0 Å². The maximum absolute atomic E-state index is 13.6. The van der Waals surface area contributed by atoms with Crippen LogP contribution in [0, 0.1) is 6.92 Å². The highest BCUT2D eigenvalue weighted by Crippen LogP contribution is 2.39. The number of alkyl halides is 3. The molecular formula is C29H30F3N3O. The molecule has 188 valence electrons. The third kappa shape index (κ3) is 4.48. The van der Waals surface area contributed by atoms with Crippen LogP contribution in [0.15, 0.2) is 60.7 Å². The first-order valence-electron chi connectivity index (χ1n) is 12.5. The quantitative estimate of drug-likeness (QED) is 0.317. The molecule has 1 fully saturated rings. The number of nitrogens with zero attached hydrogens (tertiary/aromatic N) is 3. The maximum Gasteiger partial charge on any atom is 0.416 e. The first-order valence-corrected chi connectivity index (χ1v) is 12.5. The van der Waals surface area contributed by atoms with E-state index in [-0.39, 0.29) is 12.6 Å². The van der Waals surface area contributed by atoms with Crippen molar-refractivity contribution in [3.63, 3.8) is 0 Å². The number of rotatable bonds is 6. The van der Waals surface area contributed by atoms with Gasteiger partial charge < -0.3 is 10.0 Å². The van der Waals surface area contributed by atoms with Crippen LogP contribution in [0.3, 0.4) is 0 Å². The molecule has 4 nitrogen and oxygen atoms in total. The molecule has 0 amide bonds. The largest absolute Gasteiger partial charge is 0.416 e. The van der Waals surface area contributed by atoms with Crippen molar-refractivity contribution < 1.29 is 18.3 Å². The summed E-state index contributed by atoms with van der Waals surface area (Å²) in [6.07, 6.45) is -0.946. The summed E-state index contributed by atoms with van der Waals surface area (Å²) in [7, 11) is 0. The van der Waals surface area contributed by atoms with E-state index in [1.165, 1.54) is 12.1 Å². The Bertz CT molecular complexity index is 1380. The van der Waals surface area contributed by atoms with Crippen molar-refractivity contribution in [1.82, 2.24) is 9.61 Å². The number of aryl methyl sites for hydroxylation is 2. The average molecular weight is 494 g/mol. The number of aliphatic hydroxyl groups excluding tert-OH is 1. The second-order valence-electron chi connectivity index (χ2n) is 9.58. The predicted molar refractivity (Wildman–Crippen MR) is 137 cm³/mol. The normalized spacial score (nSPS) is 16.3. The van der Waals surface area contributed by atoms with Crippen molar-refractivity contribution in [2.45, 2.75) is 51.7 Å². The fraction of sp³-hybridized carbons (Fsp3) is 0.345. The Balaban J connectivity index is 1.80. The monoisotopic (exact) mass is 493 g/mol. The number of hydrogen-bond acceptors (Lipinski definition) is 3. The number of pyridine rings is 1. The molecule has 2 aromatic heterocycles. The van der Waals surface area contributed by atoms with E-state index in [9.17, 15) is 18.3 Å². The lowest BCUT2D eigenvalue weighted by molar-refractivity contribution is -0.137. The average Bonchev–Trinajstić information content (AvgIpc) is 3.48. The zero-order valence-corrected chi connectivity index (χ0v) is 20.5. The molecular weight excluding hydrogens is 463 g/mol. The molecule has 4 aromatic rings. The highest BCUT2D eigenvalue weighted by Gasteiger charge is 2.31. The van der Waals surface area contributed by atoms with Crippen molar-refractivity contribution in [3.8, 4) is 22.4 Å². The molecule has 0 unspecified atom stereocenters. The third-order valence-electron chi connectivity index (χ3n) is 7.02.